The van der Waals surface area contributed by atoms with Gasteiger partial charge in [0.25, 0.3) is 0 Å². The molecule has 2 aliphatic rings. The molecule has 2 aliphatic heterocycles. The predicted molar refractivity (Wildman–Crippen MR) is 99.0 cm³/mol. The largest absolute Gasteiger partial charge is 0.376 e. The summed E-state index contributed by atoms with van der Waals surface area (Å²) in [7, 11) is 1.81. The molecule has 0 spiro atoms. The van der Waals surface area contributed by atoms with E-state index >= 15 is 0 Å². The zero-order valence-corrected chi connectivity index (χ0v) is 15.0. The first-order valence-corrected chi connectivity index (χ1v) is 9.15. The van der Waals surface area contributed by atoms with Gasteiger partial charge in [0.15, 0.2) is 5.96 Å². The van der Waals surface area contributed by atoms with E-state index in [-0.39, 0.29) is 0 Å². The van der Waals surface area contributed by atoms with E-state index in [1.54, 1.807) is 12.4 Å². The molecular formula is C17H29N7O. The summed E-state index contributed by atoms with van der Waals surface area (Å²) < 4.78 is 5.63. The first-order valence-electron chi connectivity index (χ1n) is 9.15. The lowest BCUT2D eigenvalue weighted by molar-refractivity contribution is 0.114. The van der Waals surface area contributed by atoms with Crippen molar-refractivity contribution in [1.82, 2.24) is 25.5 Å². The summed E-state index contributed by atoms with van der Waals surface area (Å²) >= 11 is 0. The monoisotopic (exact) mass is 347 g/mol. The highest BCUT2D eigenvalue weighted by molar-refractivity contribution is 5.79. The van der Waals surface area contributed by atoms with Crippen LogP contribution in [0.1, 0.15) is 12.8 Å². The predicted octanol–water partition coefficient (Wildman–Crippen LogP) is -0.0574. The van der Waals surface area contributed by atoms with Crippen molar-refractivity contribution in [3.63, 3.8) is 0 Å². The fourth-order valence-corrected chi connectivity index (χ4v) is 3.19. The third kappa shape index (κ3) is 5.54. The molecular weight excluding hydrogens is 318 g/mol. The summed E-state index contributed by atoms with van der Waals surface area (Å²) in [5, 5.41) is 6.74. The molecule has 8 nitrogen and oxygen atoms in total. The molecule has 3 heterocycles. The normalized spacial score (nSPS) is 22.2. The summed E-state index contributed by atoms with van der Waals surface area (Å²) in [6.45, 7) is 7.60. The Kier molecular flexibility index (Phi) is 6.81. The number of aromatic nitrogens is 2. The van der Waals surface area contributed by atoms with Gasteiger partial charge in [-0.15, -0.1) is 0 Å². The van der Waals surface area contributed by atoms with Crippen LogP contribution in [0.3, 0.4) is 0 Å². The Morgan fingerprint density at radius 2 is 2.04 bits per heavy atom. The molecule has 1 unspecified atom stereocenters. The van der Waals surface area contributed by atoms with Crippen LogP contribution >= 0.6 is 0 Å². The standard InChI is InChI=1S/C17H29N7O/c1-18-16(22-14-15-4-2-13-25-15)19-7-8-23-9-11-24(12-10-23)17-20-5-3-6-21-17/h3,5-6,15H,2,4,7-14H2,1H3,(H2,18,19,22). The number of rotatable bonds is 6. The van der Waals surface area contributed by atoms with Gasteiger partial charge in [-0.25, -0.2) is 9.97 Å². The fraction of sp³-hybridized carbons (Fsp3) is 0.706. The third-order valence-electron chi connectivity index (χ3n) is 4.67. The van der Waals surface area contributed by atoms with Crippen molar-refractivity contribution in [1.29, 1.82) is 0 Å². The van der Waals surface area contributed by atoms with E-state index in [0.717, 1.165) is 70.7 Å². The van der Waals surface area contributed by atoms with Gasteiger partial charge in [-0.3, -0.25) is 9.89 Å². The van der Waals surface area contributed by atoms with Gasteiger partial charge in [0.2, 0.25) is 5.95 Å². The van der Waals surface area contributed by atoms with E-state index in [4.69, 9.17) is 4.74 Å². The molecule has 25 heavy (non-hydrogen) atoms. The molecule has 0 aliphatic carbocycles. The quantitative estimate of drug-likeness (QED) is 0.551. The van der Waals surface area contributed by atoms with Crippen molar-refractivity contribution in [2.75, 3.05) is 64.4 Å². The van der Waals surface area contributed by atoms with Crippen LogP contribution in [0.5, 0.6) is 0 Å². The fourth-order valence-electron chi connectivity index (χ4n) is 3.19. The molecule has 138 valence electrons. The third-order valence-corrected chi connectivity index (χ3v) is 4.67. The van der Waals surface area contributed by atoms with Crippen molar-refractivity contribution in [2.24, 2.45) is 4.99 Å². The van der Waals surface area contributed by atoms with Crippen molar-refractivity contribution in [3.8, 4) is 0 Å². The molecule has 8 heteroatoms. The van der Waals surface area contributed by atoms with Gasteiger partial charge in [-0.1, -0.05) is 0 Å². The Hall–Kier alpha value is -1.93. The maximum atomic E-state index is 5.63. The van der Waals surface area contributed by atoms with Crippen molar-refractivity contribution in [3.05, 3.63) is 18.5 Å². The summed E-state index contributed by atoms with van der Waals surface area (Å²) in [5.41, 5.74) is 0. The molecule has 1 atom stereocenters. The van der Waals surface area contributed by atoms with E-state index in [1.165, 1.54) is 6.42 Å². The lowest BCUT2D eigenvalue weighted by Gasteiger charge is -2.34. The lowest BCUT2D eigenvalue weighted by Crippen LogP contribution is -2.50. The number of piperazine rings is 1. The maximum absolute atomic E-state index is 5.63. The lowest BCUT2D eigenvalue weighted by atomic mass is 10.2. The number of ether oxygens (including phenoxy) is 1. The minimum absolute atomic E-state index is 0.326. The van der Waals surface area contributed by atoms with Crippen LogP contribution in [0.15, 0.2) is 23.5 Å². The van der Waals surface area contributed by atoms with Crippen LogP contribution in [0, 0.1) is 0 Å². The SMILES string of the molecule is CN=C(NCCN1CCN(c2ncccn2)CC1)NCC1CCCO1. The summed E-state index contributed by atoms with van der Waals surface area (Å²) in [6.07, 6.45) is 6.23. The molecule has 2 fully saturated rings. The van der Waals surface area contributed by atoms with Crippen LogP contribution in [-0.2, 0) is 4.74 Å². The highest BCUT2D eigenvalue weighted by Gasteiger charge is 2.18. The van der Waals surface area contributed by atoms with Crippen LogP contribution in [0.25, 0.3) is 0 Å². The molecule has 2 N–H and O–H groups in total. The topological polar surface area (TPSA) is 77.9 Å². The van der Waals surface area contributed by atoms with E-state index < -0.39 is 0 Å². The Morgan fingerprint density at radius 1 is 1.24 bits per heavy atom. The molecule has 2 saturated heterocycles. The molecule has 0 radical (unpaired) electrons. The minimum atomic E-state index is 0.326. The second-order valence-corrected chi connectivity index (χ2v) is 6.39. The molecule has 0 bridgehead atoms. The number of nitrogens with one attached hydrogen (secondary N) is 2. The van der Waals surface area contributed by atoms with Gasteiger partial charge >= 0.3 is 0 Å². The summed E-state index contributed by atoms with van der Waals surface area (Å²) in [4.78, 5) is 17.6. The van der Waals surface area contributed by atoms with E-state index in [9.17, 15) is 0 Å². The van der Waals surface area contributed by atoms with Gasteiger partial charge in [0.1, 0.15) is 0 Å². The van der Waals surface area contributed by atoms with Crippen LogP contribution in [0.4, 0.5) is 5.95 Å². The molecule has 0 amide bonds. The Labute approximate surface area is 149 Å². The van der Waals surface area contributed by atoms with Gasteiger partial charge in [0.05, 0.1) is 6.10 Å². The van der Waals surface area contributed by atoms with E-state index in [2.05, 4.69) is 35.4 Å². The first-order chi connectivity index (χ1) is 12.3. The number of hydrogen-bond donors (Lipinski definition) is 2. The van der Waals surface area contributed by atoms with Crippen molar-refractivity contribution in [2.45, 2.75) is 18.9 Å². The van der Waals surface area contributed by atoms with Crippen molar-refractivity contribution >= 4 is 11.9 Å². The Morgan fingerprint density at radius 3 is 2.72 bits per heavy atom. The number of hydrogen-bond acceptors (Lipinski definition) is 6. The van der Waals surface area contributed by atoms with E-state index in [1.807, 2.05) is 13.1 Å². The van der Waals surface area contributed by atoms with Crippen molar-refractivity contribution < 1.29 is 4.74 Å². The second-order valence-electron chi connectivity index (χ2n) is 6.39. The van der Waals surface area contributed by atoms with E-state index in [0.29, 0.717) is 6.10 Å². The molecule has 1 aromatic heterocycles. The zero-order chi connectivity index (χ0) is 17.3. The number of nitrogens with zero attached hydrogens (tertiary/aromatic N) is 5. The molecule has 0 aromatic carbocycles. The molecule has 0 saturated carbocycles. The number of anilines is 1. The average molecular weight is 347 g/mol. The Balaban J connectivity index is 1.31. The zero-order valence-electron chi connectivity index (χ0n) is 15.0. The number of aliphatic imine (C=N–C) groups is 1. The second kappa shape index (κ2) is 9.53. The highest BCUT2D eigenvalue weighted by atomic mass is 16.5. The van der Waals surface area contributed by atoms with Gasteiger partial charge in [-0.05, 0) is 18.9 Å². The van der Waals surface area contributed by atoms with Crippen LogP contribution in [0.2, 0.25) is 0 Å². The summed E-state index contributed by atoms with van der Waals surface area (Å²) in [5.74, 6) is 1.69. The highest BCUT2D eigenvalue weighted by Crippen LogP contribution is 2.10. The van der Waals surface area contributed by atoms with Gasteiger partial charge in [0, 0.05) is 71.9 Å². The molecule has 1 aromatic rings. The summed E-state index contributed by atoms with van der Waals surface area (Å²) in [6, 6.07) is 1.85. The van der Waals surface area contributed by atoms with Crippen LogP contribution < -0.4 is 15.5 Å². The van der Waals surface area contributed by atoms with Gasteiger partial charge < -0.3 is 20.3 Å². The van der Waals surface area contributed by atoms with Gasteiger partial charge in [-0.2, -0.15) is 0 Å². The smallest absolute Gasteiger partial charge is 0.225 e. The molecule has 3 rings (SSSR count). The van der Waals surface area contributed by atoms with Crippen LogP contribution in [-0.4, -0.2) is 86.4 Å². The first kappa shape index (κ1) is 17.9. The Bertz CT molecular complexity index is 525. The average Bonchev–Trinajstić information content (AvgIpc) is 3.19. The maximum Gasteiger partial charge on any atom is 0.225 e. The minimum Gasteiger partial charge on any atom is -0.376 e. The number of guanidine groups is 1.